The molecule has 102 valence electrons. The minimum Gasteiger partial charge on any atom is -0.464 e. The number of ether oxygens (including phenoxy) is 1. The van der Waals surface area contributed by atoms with Gasteiger partial charge in [-0.15, -0.1) is 0 Å². The van der Waals surface area contributed by atoms with Crippen LogP contribution in [0.1, 0.15) is 51.9 Å². The van der Waals surface area contributed by atoms with Crippen molar-refractivity contribution in [3.05, 3.63) is 12.2 Å². The molecule has 18 heavy (non-hydrogen) atoms. The van der Waals surface area contributed by atoms with Crippen molar-refractivity contribution in [1.29, 1.82) is 0 Å². The van der Waals surface area contributed by atoms with Gasteiger partial charge < -0.3 is 10.1 Å². The van der Waals surface area contributed by atoms with Gasteiger partial charge in [-0.2, -0.15) is 0 Å². The number of carbonyl (C=O) groups excluding carboxylic acids is 2. The Morgan fingerprint density at radius 1 is 1.39 bits per heavy atom. The highest BCUT2D eigenvalue weighted by atomic mass is 16.5. The van der Waals surface area contributed by atoms with Crippen molar-refractivity contribution < 1.29 is 14.3 Å². The van der Waals surface area contributed by atoms with Crippen molar-refractivity contribution in [2.75, 3.05) is 6.61 Å². The normalized spacial score (nSPS) is 19.2. The van der Waals surface area contributed by atoms with Crippen LogP contribution in [0.2, 0.25) is 0 Å². The molecule has 0 unspecified atom stereocenters. The Morgan fingerprint density at radius 2 is 2.17 bits per heavy atom. The summed E-state index contributed by atoms with van der Waals surface area (Å²) < 4.78 is 5.13. The zero-order valence-corrected chi connectivity index (χ0v) is 11.1. The summed E-state index contributed by atoms with van der Waals surface area (Å²) in [4.78, 5) is 22.5. The molecule has 0 bridgehead atoms. The van der Waals surface area contributed by atoms with Crippen LogP contribution in [0.3, 0.4) is 0 Å². The van der Waals surface area contributed by atoms with E-state index in [0.717, 1.165) is 19.3 Å². The van der Waals surface area contributed by atoms with E-state index in [9.17, 15) is 9.59 Å². The minimum atomic E-state index is -0.410. The second-order valence-corrected chi connectivity index (χ2v) is 4.60. The Labute approximate surface area is 109 Å². The summed E-state index contributed by atoms with van der Waals surface area (Å²) in [5.41, 5.74) is 0. The van der Waals surface area contributed by atoms with Gasteiger partial charge in [-0.05, 0) is 32.6 Å². The zero-order chi connectivity index (χ0) is 13.2. The first-order chi connectivity index (χ1) is 8.74. The van der Waals surface area contributed by atoms with Crippen LogP contribution in [0.4, 0.5) is 0 Å². The summed E-state index contributed by atoms with van der Waals surface area (Å²) in [6.45, 7) is 2.50. The van der Waals surface area contributed by atoms with Gasteiger partial charge in [0.25, 0.3) is 0 Å². The lowest BCUT2D eigenvalue weighted by Crippen LogP contribution is -2.34. The molecule has 1 N–H and O–H groups in total. The summed E-state index contributed by atoms with van der Waals surface area (Å²) in [7, 11) is 0. The largest absolute Gasteiger partial charge is 0.464 e. The van der Waals surface area contributed by atoms with Crippen LogP contribution in [-0.2, 0) is 14.3 Å². The lowest BCUT2D eigenvalue weighted by molar-refractivity contribution is -0.146. The maximum Gasteiger partial charge on any atom is 0.328 e. The average molecular weight is 253 g/mol. The molecule has 1 rings (SSSR count). The van der Waals surface area contributed by atoms with Crippen molar-refractivity contribution in [2.24, 2.45) is 0 Å². The fourth-order valence-electron chi connectivity index (χ4n) is 1.95. The van der Waals surface area contributed by atoms with Crippen LogP contribution in [0.15, 0.2) is 12.2 Å². The van der Waals surface area contributed by atoms with E-state index < -0.39 is 6.04 Å². The zero-order valence-electron chi connectivity index (χ0n) is 11.1. The monoisotopic (exact) mass is 253 g/mol. The van der Waals surface area contributed by atoms with Crippen LogP contribution in [0.25, 0.3) is 0 Å². The summed E-state index contributed by atoms with van der Waals surface area (Å²) in [6, 6.07) is -0.410. The van der Waals surface area contributed by atoms with Gasteiger partial charge in [0.15, 0.2) is 0 Å². The highest BCUT2D eigenvalue weighted by Crippen LogP contribution is 2.09. The molecule has 0 aromatic rings. The number of hydrogen-bond donors (Lipinski definition) is 1. The van der Waals surface area contributed by atoms with Gasteiger partial charge in [0.1, 0.15) is 6.04 Å². The number of unbranched alkanes of at least 4 members (excludes halogenated alkanes) is 4. The van der Waals surface area contributed by atoms with Gasteiger partial charge in [-0.3, -0.25) is 4.79 Å². The van der Waals surface area contributed by atoms with E-state index in [1.54, 1.807) is 0 Å². The quantitative estimate of drug-likeness (QED) is 0.410. The number of carbonyl (C=O) groups is 2. The SMILES string of the molecule is C/C=C/CCCCCCOC(=O)[C@@H]1CCC(=O)N1. The molecule has 4 nitrogen and oxygen atoms in total. The lowest BCUT2D eigenvalue weighted by Gasteiger charge is -2.09. The maximum absolute atomic E-state index is 11.5. The van der Waals surface area contributed by atoms with E-state index in [0.29, 0.717) is 19.4 Å². The third-order valence-corrected chi connectivity index (χ3v) is 3.02. The number of rotatable bonds is 8. The average Bonchev–Trinajstić information content (AvgIpc) is 2.79. The van der Waals surface area contributed by atoms with E-state index >= 15 is 0 Å². The van der Waals surface area contributed by atoms with Crippen molar-refractivity contribution in [2.45, 2.75) is 57.9 Å². The molecule has 1 aliphatic heterocycles. The van der Waals surface area contributed by atoms with Gasteiger partial charge in [0.2, 0.25) is 5.91 Å². The molecular formula is C14H23NO3. The van der Waals surface area contributed by atoms with E-state index in [-0.39, 0.29) is 11.9 Å². The topological polar surface area (TPSA) is 55.4 Å². The number of esters is 1. The molecule has 1 fully saturated rings. The molecule has 4 heteroatoms. The molecule has 0 aromatic heterocycles. The molecule has 0 saturated carbocycles. The number of nitrogens with one attached hydrogen (secondary N) is 1. The van der Waals surface area contributed by atoms with Crippen molar-refractivity contribution in [1.82, 2.24) is 5.32 Å². The minimum absolute atomic E-state index is 0.0547. The van der Waals surface area contributed by atoms with E-state index in [1.807, 2.05) is 6.92 Å². The number of allylic oxidation sites excluding steroid dienone is 2. The number of hydrogen-bond acceptors (Lipinski definition) is 3. The van der Waals surface area contributed by atoms with Crippen LogP contribution in [0, 0.1) is 0 Å². The van der Waals surface area contributed by atoms with Gasteiger partial charge in [0, 0.05) is 6.42 Å². The first-order valence-electron chi connectivity index (χ1n) is 6.81. The number of amides is 1. The third-order valence-electron chi connectivity index (χ3n) is 3.02. The van der Waals surface area contributed by atoms with E-state index in [4.69, 9.17) is 4.74 Å². The Hall–Kier alpha value is -1.32. The Kier molecular flexibility index (Phi) is 7.14. The fraction of sp³-hybridized carbons (Fsp3) is 0.714. The van der Waals surface area contributed by atoms with E-state index in [1.165, 1.54) is 12.8 Å². The predicted octanol–water partition coefficient (Wildman–Crippen LogP) is 2.33. The lowest BCUT2D eigenvalue weighted by atomic mass is 10.1. The summed E-state index contributed by atoms with van der Waals surface area (Å²) in [5.74, 6) is -0.337. The van der Waals surface area contributed by atoms with Crippen molar-refractivity contribution >= 4 is 11.9 Å². The van der Waals surface area contributed by atoms with Gasteiger partial charge >= 0.3 is 5.97 Å². The van der Waals surface area contributed by atoms with Crippen molar-refractivity contribution in [3.63, 3.8) is 0 Å². The smallest absolute Gasteiger partial charge is 0.328 e. The van der Waals surface area contributed by atoms with E-state index in [2.05, 4.69) is 17.5 Å². The highest BCUT2D eigenvalue weighted by Gasteiger charge is 2.28. The first kappa shape index (κ1) is 14.7. The van der Waals surface area contributed by atoms with Crippen LogP contribution < -0.4 is 5.32 Å². The fourth-order valence-corrected chi connectivity index (χ4v) is 1.95. The van der Waals surface area contributed by atoms with Crippen molar-refractivity contribution in [3.8, 4) is 0 Å². The summed E-state index contributed by atoms with van der Waals surface area (Å²) in [5, 5.41) is 2.61. The highest BCUT2D eigenvalue weighted by molar-refractivity contribution is 5.87. The van der Waals surface area contributed by atoms with Crippen LogP contribution in [0.5, 0.6) is 0 Å². The Bertz CT molecular complexity index is 299. The van der Waals surface area contributed by atoms with Gasteiger partial charge in [-0.1, -0.05) is 25.0 Å². The maximum atomic E-state index is 11.5. The third kappa shape index (κ3) is 5.84. The van der Waals surface area contributed by atoms with Gasteiger partial charge in [0.05, 0.1) is 6.61 Å². The predicted molar refractivity (Wildman–Crippen MR) is 70.0 cm³/mol. The molecule has 0 spiro atoms. The summed E-state index contributed by atoms with van der Waals surface area (Å²) >= 11 is 0. The molecule has 0 radical (unpaired) electrons. The Balaban J connectivity index is 1.94. The van der Waals surface area contributed by atoms with Crippen LogP contribution in [-0.4, -0.2) is 24.5 Å². The molecule has 1 aliphatic rings. The first-order valence-corrected chi connectivity index (χ1v) is 6.81. The standard InChI is InChI=1S/C14H23NO3/c1-2-3-4-5-6-7-8-11-18-14(17)12-9-10-13(16)15-12/h2-3,12H,4-11H2,1H3,(H,15,16)/b3-2+/t12-/m0/s1. The molecule has 0 aliphatic carbocycles. The summed E-state index contributed by atoms with van der Waals surface area (Å²) in [6.07, 6.45) is 10.7. The van der Waals surface area contributed by atoms with Gasteiger partial charge in [-0.25, -0.2) is 4.79 Å². The molecule has 1 saturated heterocycles. The second-order valence-electron chi connectivity index (χ2n) is 4.60. The Morgan fingerprint density at radius 3 is 2.83 bits per heavy atom. The second kappa shape index (κ2) is 8.72. The molecule has 0 aromatic carbocycles. The molecule has 1 heterocycles. The van der Waals surface area contributed by atoms with Crippen LogP contribution >= 0.6 is 0 Å². The molecule has 1 amide bonds. The molecular weight excluding hydrogens is 230 g/mol. The molecule has 1 atom stereocenters.